The summed E-state index contributed by atoms with van der Waals surface area (Å²) in [6.07, 6.45) is 2.24. The van der Waals surface area contributed by atoms with Crippen LogP contribution in [-0.4, -0.2) is 59.4 Å². The Morgan fingerprint density at radius 2 is 2.40 bits per heavy atom. The Bertz CT molecular complexity index is 205. The van der Waals surface area contributed by atoms with E-state index < -0.39 is 12.0 Å². The number of aliphatic hydroxyl groups is 1. The zero-order valence-corrected chi connectivity index (χ0v) is 9.15. The third-order valence-electron chi connectivity index (χ3n) is 2.91. The van der Waals surface area contributed by atoms with Gasteiger partial charge in [-0.3, -0.25) is 9.69 Å². The average Bonchev–Trinajstić information content (AvgIpc) is 2.68. The number of aliphatic hydroxyl groups excluding tert-OH is 1. The Kier molecular flexibility index (Phi) is 5.01. The third-order valence-corrected chi connectivity index (χ3v) is 2.91. The van der Waals surface area contributed by atoms with Crippen molar-refractivity contribution >= 4 is 5.97 Å². The van der Waals surface area contributed by atoms with Crippen molar-refractivity contribution in [1.29, 1.82) is 0 Å². The van der Waals surface area contributed by atoms with E-state index in [9.17, 15) is 4.79 Å². The van der Waals surface area contributed by atoms with Crippen LogP contribution in [0.15, 0.2) is 0 Å². The number of carboxylic acids is 1. The summed E-state index contributed by atoms with van der Waals surface area (Å²) in [4.78, 5) is 12.7. The summed E-state index contributed by atoms with van der Waals surface area (Å²) in [7, 11) is 0. The van der Waals surface area contributed by atoms with E-state index in [1.807, 2.05) is 4.90 Å². The van der Waals surface area contributed by atoms with Gasteiger partial charge in [0.2, 0.25) is 0 Å². The molecule has 88 valence electrons. The van der Waals surface area contributed by atoms with Crippen LogP contribution in [0, 0.1) is 0 Å². The van der Waals surface area contributed by atoms with E-state index in [-0.39, 0.29) is 6.61 Å². The summed E-state index contributed by atoms with van der Waals surface area (Å²) in [5.74, 6) is -0.832. The number of nitrogens with zero attached hydrogens (tertiary/aromatic N) is 1. The molecule has 0 bridgehead atoms. The predicted molar refractivity (Wildman–Crippen MR) is 56.8 cm³/mol. The minimum atomic E-state index is -0.832. The summed E-state index contributed by atoms with van der Waals surface area (Å²) in [6.45, 7) is 3.80. The topological polar surface area (TPSA) is 72.8 Å². The number of hydrogen-bond donors (Lipinski definition) is 3. The van der Waals surface area contributed by atoms with Crippen LogP contribution in [0.5, 0.6) is 0 Å². The molecule has 0 aromatic carbocycles. The van der Waals surface area contributed by atoms with Crippen molar-refractivity contribution in [2.24, 2.45) is 0 Å². The molecule has 5 nitrogen and oxygen atoms in total. The Labute approximate surface area is 90.1 Å². The molecule has 0 saturated carbocycles. The standard InChI is InChI=1S/C10H20N2O3/c1-8(10(14)15)12(5-6-13)7-9-3-2-4-11-9/h8-9,11,13H,2-7H2,1H3,(H,14,15). The van der Waals surface area contributed by atoms with Gasteiger partial charge in [0.15, 0.2) is 0 Å². The lowest BCUT2D eigenvalue weighted by atomic mass is 10.2. The molecular formula is C10H20N2O3. The quantitative estimate of drug-likeness (QED) is 0.558. The zero-order valence-electron chi connectivity index (χ0n) is 9.15. The zero-order chi connectivity index (χ0) is 11.3. The summed E-state index contributed by atoms with van der Waals surface area (Å²) < 4.78 is 0. The van der Waals surface area contributed by atoms with Crippen LogP contribution >= 0.6 is 0 Å². The fourth-order valence-electron chi connectivity index (χ4n) is 1.92. The molecule has 0 aromatic rings. The molecule has 0 spiro atoms. The molecule has 0 aliphatic carbocycles. The maximum atomic E-state index is 10.8. The highest BCUT2D eigenvalue weighted by Crippen LogP contribution is 2.09. The molecule has 3 N–H and O–H groups in total. The molecule has 1 rings (SSSR count). The summed E-state index contributed by atoms with van der Waals surface area (Å²) >= 11 is 0. The number of carboxylic acid groups (broad SMARTS) is 1. The monoisotopic (exact) mass is 216 g/mol. The van der Waals surface area contributed by atoms with Crippen LogP contribution in [0.3, 0.4) is 0 Å². The maximum Gasteiger partial charge on any atom is 0.320 e. The smallest absolute Gasteiger partial charge is 0.320 e. The highest BCUT2D eigenvalue weighted by Gasteiger charge is 2.24. The highest BCUT2D eigenvalue weighted by atomic mass is 16.4. The Balaban J connectivity index is 2.44. The van der Waals surface area contributed by atoms with E-state index in [4.69, 9.17) is 10.2 Å². The van der Waals surface area contributed by atoms with Crippen LogP contribution in [-0.2, 0) is 4.79 Å². The maximum absolute atomic E-state index is 10.8. The minimum Gasteiger partial charge on any atom is -0.480 e. The Hall–Kier alpha value is -0.650. The second-order valence-corrected chi connectivity index (χ2v) is 4.03. The van der Waals surface area contributed by atoms with E-state index in [0.717, 1.165) is 19.4 Å². The van der Waals surface area contributed by atoms with Crippen LogP contribution < -0.4 is 5.32 Å². The first-order chi connectivity index (χ1) is 7.15. The molecule has 0 aromatic heterocycles. The van der Waals surface area contributed by atoms with Crippen LogP contribution in [0.1, 0.15) is 19.8 Å². The summed E-state index contributed by atoms with van der Waals surface area (Å²) in [5, 5.41) is 21.1. The SMILES string of the molecule is CC(C(=O)O)N(CCO)CC1CCCN1. The predicted octanol–water partition coefficient (Wildman–Crippen LogP) is -0.494. The van der Waals surface area contributed by atoms with Crippen molar-refractivity contribution in [2.75, 3.05) is 26.2 Å². The normalized spacial score (nSPS) is 23.3. The van der Waals surface area contributed by atoms with Crippen molar-refractivity contribution in [3.8, 4) is 0 Å². The highest BCUT2D eigenvalue weighted by molar-refractivity contribution is 5.72. The number of nitrogens with one attached hydrogen (secondary N) is 1. The largest absolute Gasteiger partial charge is 0.480 e. The van der Waals surface area contributed by atoms with Gasteiger partial charge in [-0.1, -0.05) is 0 Å². The fourth-order valence-corrected chi connectivity index (χ4v) is 1.92. The molecule has 1 aliphatic rings. The molecule has 2 unspecified atom stereocenters. The first-order valence-corrected chi connectivity index (χ1v) is 5.46. The first-order valence-electron chi connectivity index (χ1n) is 5.46. The van der Waals surface area contributed by atoms with Crippen LogP contribution in [0.4, 0.5) is 0 Å². The lowest BCUT2D eigenvalue weighted by Gasteiger charge is -2.28. The number of carbonyl (C=O) groups is 1. The van der Waals surface area contributed by atoms with E-state index in [2.05, 4.69) is 5.32 Å². The van der Waals surface area contributed by atoms with Crippen molar-refractivity contribution in [3.05, 3.63) is 0 Å². The van der Waals surface area contributed by atoms with E-state index in [0.29, 0.717) is 19.1 Å². The van der Waals surface area contributed by atoms with Crippen molar-refractivity contribution in [2.45, 2.75) is 31.8 Å². The molecule has 1 aliphatic heterocycles. The van der Waals surface area contributed by atoms with E-state index in [1.165, 1.54) is 0 Å². The molecule has 5 heteroatoms. The third kappa shape index (κ3) is 3.77. The molecule has 2 atom stereocenters. The van der Waals surface area contributed by atoms with Gasteiger partial charge in [0.1, 0.15) is 6.04 Å². The lowest BCUT2D eigenvalue weighted by Crippen LogP contribution is -2.46. The average molecular weight is 216 g/mol. The van der Waals surface area contributed by atoms with Crippen molar-refractivity contribution in [1.82, 2.24) is 10.2 Å². The molecule has 1 saturated heterocycles. The first kappa shape index (κ1) is 12.4. The second kappa shape index (κ2) is 6.05. The Morgan fingerprint density at radius 3 is 2.87 bits per heavy atom. The molecular weight excluding hydrogens is 196 g/mol. The van der Waals surface area contributed by atoms with Gasteiger partial charge in [-0.05, 0) is 26.3 Å². The minimum absolute atomic E-state index is 0.00431. The van der Waals surface area contributed by atoms with Gasteiger partial charge in [0.25, 0.3) is 0 Å². The molecule has 0 radical (unpaired) electrons. The summed E-state index contributed by atoms with van der Waals surface area (Å²) in [5.41, 5.74) is 0. The van der Waals surface area contributed by atoms with Gasteiger partial charge >= 0.3 is 5.97 Å². The number of aliphatic carboxylic acids is 1. The lowest BCUT2D eigenvalue weighted by molar-refractivity contribution is -0.142. The number of rotatable bonds is 6. The van der Waals surface area contributed by atoms with Crippen LogP contribution in [0.2, 0.25) is 0 Å². The number of hydrogen-bond acceptors (Lipinski definition) is 4. The fraction of sp³-hybridized carbons (Fsp3) is 0.900. The van der Waals surface area contributed by atoms with Crippen molar-refractivity contribution in [3.63, 3.8) is 0 Å². The van der Waals surface area contributed by atoms with Gasteiger partial charge in [0.05, 0.1) is 6.61 Å². The van der Waals surface area contributed by atoms with Gasteiger partial charge in [-0.25, -0.2) is 0 Å². The van der Waals surface area contributed by atoms with Crippen molar-refractivity contribution < 1.29 is 15.0 Å². The van der Waals surface area contributed by atoms with E-state index in [1.54, 1.807) is 6.92 Å². The molecule has 1 fully saturated rings. The molecule has 15 heavy (non-hydrogen) atoms. The van der Waals surface area contributed by atoms with Crippen LogP contribution in [0.25, 0.3) is 0 Å². The second-order valence-electron chi connectivity index (χ2n) is 4.03. The van der Waals surface area contributed by atoms with Gasteiger partial charge < -0.3 is 15.5 Å². The van der Waals surface area contributed by atoms with Gasteiger partial charge in [-0.15, -0.1) is 0 Å². The Morgan fingerprint density at radius 1 is 1.67 bits per heavy atom. The van der Waals surface area contributed by atoms with Gasteiger partial charge in [-0.2, -0.15) is 0 Å². The van der Waals surface area contributed by atoms with Gasteiger partial charge in [0, 0.05) is 19.1 Å². The van der Waals surface area contributed by atoms with E-state index >= 15 is 0 Å². The molecule has 1 heterocycles. The molecule has 0 amide bonds. The summed E-state index contributed by atoms with van der Waals surface area (Å²) in [6, 6.07) is -0.155.